The molecule has 2 aromatic rings. The molecule has 98 valence electrons. The minimum atomic E-state index is 0.110. The van der Waals surface area contributed by atoms with Crippen LogP contribution in [0, 0.1) is 0 Å². The van der Waals surface area contributed by atoms with Crippen LogP contribution in [0.1, 0.15) is 29.6 Å². The molecule has 1 saturated heterocycles. The summed E-state index contributed by atoms with van der Waals surface area (Å²) >= 11 is 3.54. The third-order valence-electron chi connectivity index (χ3n) is 3.63. The summed E-state index contributed by atoms with van der Waals surface area (Å²) in [5.74, 6) is 0.410. The molecule has 1 fully saturated rings. The van der Waals surface area contributed by atoms with Gasteiger partial charge in [0.15, 0.2) is 0 Å². The maximum atomic E-state index is 6.18. The summed E-state index contributed by atoms with van der Waals surface area (Å²) in [5, 5.41) is 0.882. The molecule has 0 amide bonds. The Kier molecular flexibility index (Phi) is 3.95. The quantitative estimate of drug-likeness (QED) is 0.795. The van der Waals surface area contributed by atoms with Crippen LogP contribution in [-0.2, 0) is 4.74 Å². The zero-order valence-corrected chi connectivity index (χ0v) is 12.2. The molecule has 2 nitrogen and oxygen atoms in total. The SMILES string of the molecule is BrC[C@@H]1C[C@H](c2ccccc2)[C@H](c2cccnc2)O1. The number of aromatic nitrogens is 1. The number of halogens is 1. The summed E-state index contributed by atoms with van der Waals surface area (Å²) in [5.41, 5.74) is 2.51. The van der Waals surface area contributed by atoms with Crippen molar-refractivity contribution in [3.05, 3.63) is 66.0 Å². The van der Waals surface area contributed by atoms with E-state index in [2.05, 4.69) is 57.3 Å². The molecule has 3 rings (SSSR count). The van der Waals surface area contributed by atoms with Crippen LogP contribution >= 0.6 is 15.9 Å². The van der Waals surface area contributed by atoms with Gasteiger partial charge in [0.05, 0.1) is 12.2 Å². The third-order valence-corrected chi connectivity index (χ3v) is 4.36. The Labute approximate surface area is 122 Å². The van der Waals surface area contributed by atoms with Crippen molar-refractivity contribution >= 4 is 15.9 Å². The Bertz CT molecular complexity index is 469. The van der Waals surface area contributed by atoms with E-state index in [1.165, 1.54) is 11.1 Å². The van der Waals surface area contributed by atoms with Crippen molar-refractivity contribution in [2.45, 2.75) is 24.5 Å². The van der Waals surface area contributed by atoms with Gasteiger partial charge < -0.3 is 4.74 Å². The Morgan fingerprint density at radius 1 is 1.11 bits per heavy atom. The lowest BCUT2D eigenvalue weighted by Crippen LogP contribution is -2.08. The fraction of sp³-hybridized carbons (Fsp3) is 0.312. The Balaban J connectivity index is 1.92. The number of nitrogens with zero attached hydrogens (tertiary/aromatic N) is 1. The largest absolute Gasteiger partial charge is 0.369 e. The van der Waals surface area contributed by atoms with Gasteiger partial charge in [0.25, 0.3) is 0 Å². The van der Waals surface area contributed by atoms with Gasteiger partial charge in [-0.05, 0) is 23.6 Å². The van der Waals surface area contributed by atoms with Crippen LogP contribution < -0.4 is 0 Å². The van der Waals surface area contributed by atoms with E-state index >= 15 is 0 Å². The van der Waals surface area contributed by atoms with E-state index in [1.807, 2.05) is 12.3 Å². The second kappa shape index (κ2) is 5.85. The summed E-state index contributed by atoms with van der Waals surface area (Å²) < 4.78 is 6.18. The predicted molar refractivity (Wildman–Crippen MR) is 79.4 cm³/mol. The number of benzene rings is 1. The normalized spacial score (nSPS) is 26.5. The molecule has 19 heavy (non-hydrogen) atoms. The Hall–Kier alpha value is -1.19. The van der Waals surface area contributed by atoms with Crippen LogP contribution in [0.25, 0.3) is 0 Å². The van der Waals surface area contributed by atoms with Crippen molar-refractivity contribution in [2.75, 3.05) is 5.33 Å². The number of alkyl halides is 1. The number of hydrogen-bond donors (Lipinski definition) is 0. The minimum absolute atomic E-state index is 0.110. The van der Waals surface area contributed by atoms with E-state index in [0.29, 0.717) is 5.92 Å². The molecule has 0 N–H and O–H groups in total. The van der Waals surface area contributed by atoms with Crippen LogP contribution in [0.15, 0.2) is 54.9 Å². The molecule has 0 aliphatic carbocycles. The van der Waals surface area contributed by atoms with Crippen molar-refractivity contribution in [3.63, 3.8) is 0 Å². The number of rotatable bonds is 3. The molecule has 0 unspecified atom stereocenters. The highest BCUT2D eigenvalue weighted by atomic mass is 79.9. The van der Waals surface area contributed by atoms with Crippen molar-refractivity contribution in [3.8, 4) is 0 Å². The molecular formula is C16H16BrNO. The molecule has 1 aliphatic rings. The highest BCUT2D eigenvalue weighted by Crippen LogP contribution is 2.44. The van der Waals surface area contributed by atoms with Crippen LogP contribution in [0.5, 0.6) is 0 Å². The smallest absolute Gasteiger partial charge is 0.0913 e. The van der Waals surface area contributed by atoms with Crippen LogP contribution in [0.4, 0.5) is 0 Å². The van der Waals surface area contributed by atoms with E-state index in [4.69, 9.17) is 4.74 Å². The lowest BCUT2D eigenvalue weighted by molar-refractivity contribution is 0.0540. The van der Waals surface area contributed by atoms with Gasteiger partial charge in [-0.3, -0.25) is 4.98 Å². The topological polar surface area (TPSA) is 22.1 Å². The zero-order chi connectivity index (χ0) is 13.1. The molecule has 2 heterocycles. The summed E-state index contributed by atoms with van der Waals surface area (Å²) in [6, 6.07) is 14.7. The summed E-state index contributed by atoms with van der Waals surface area (Å²) in [4.78, 5) is 4.22. The van der Waals surface area contributed by atoms with E-state index in [1.54, 1.807) is 6.20 Å². The molecular weight excluding hydrogens is 302 g/mol. The first-order valence-electron chi connectivity index (χ1n) is 6.55. The van der Waals surface area contributed by atoms with Gasteiger partial charge in [-0.15, -0.1) is 0 Å². The lowest BCUT2D eigenvalue weighted by Gasteiger charge is -2.18. The average molecular weight is 318 g/mol. The van der Waals surface area contributed by atoms with E-state index in [9.17, 15) is 0 Å². The molecule has 0 spiro atoms. The standard InChI is InChI=1S/C16H16BrNO/c17-10-14-9-15(12-5-2-1-3-6-12)16(19-14)13-7-4-8-18-11-13/h1-8,11,14-16H,9-10H2/t14-,15+,16-/m0/s1. The molecule has 1 aromatic carbocycles. The number of ether oxygens (including phenoxy) is 1. The monoisotopic (exact) mass is 317 g/mol. The first-order valence-corrected chi connectivity index (χ1v) is 7.67. The molecule has 1 aromatic heterocycles. The van der Waals surface area contributed by atoms with E-state index in [-0.39, 0.29) is 12.2 Å². The highest BCUT2D eigenvalue weighted by Gasteiger charge is 2.36. The number of hydrogen-bond acceptors (Lipinski definition) is 2. The molecule has 0 saturated carbocycles. The van der Waals surface area contributed by atoms with Crippen molar-refractivity contribution in [2.24, 2.45) is 0 Å². The van der Waals surface area contributed by atoms with Gasteiger partial charge >= 0.3 is 0 Å². The number of pyridine rings is 1. The molecule has 3 heteroatoms. The van der Waals surface area contributed by atoms with Gasteiger partial charge in [-0.1, -0.05) is 52.3 Å². The van der Waals surface area contributed by atoms with Gasteiger partial charge in [0.2, 0.25) is 0 Å². The second-order valence-corrected chi connectivity index (χ2v) is 5.52. The fourth-order valence-electron chi connectivity index (χ4n) is 2.73. The Morgan fingerprint density at radius 3 is 2.58 bits per heavy atom. The average Bonchev–Trinajstić information content (AvgIpc) is 2.93. The maximum absolute atomic E-state index is 6.18. The van der Waals surface area contributed by atoms with Gasteiger partial charge in [0.1, 0.15) is 0 Å². The maximum Gasteiger partial charge on any atom is 0.0913 e. The van der Waals surface area contributed by atoms with Gasteiger partial charge in [-0.25, -0.2) is 0 Å². The molecule has 0 radical (unpaired) electrons. The molecule has 0 bridgehead atoms. The molecule has 1 aliphatic heterocycles. The van der Waals surface area contributed by atoms with E-state index in [0.717, 1.165) is 11.8 Å². The van der Waals surface area contributed by atoms with Crippen LogP contribution in [0.2, 0.25) is 0 Å². The van der Waals surface area contributed by atoms with Gasteiger partial charge in [-0.2, -0.15) is 0 Å². The van der Waals surface area contributed by atoms with Gasteiger partial charge in [0, 0.05) is 23.6 Å². The van der Waals surface area contributed by atoms with Crippen molar-refractivity contribution in [1.29, 1.82) is 0 Å². The summed E-state index contributed by atoms with van der Waals surface area (Å²) in [6.45, 7) is 0. The van der Waals surface area contributed by atoms with E-state index < -0.39 is 0 Å². The third kappa shape index (κ3) is 2.72. The highest BCUT2D eigenvalue weighted by molar-refractivity contribution is 9.09. The minimum Gasteiger partial charge on any atom is -0.369 e. The Morgan fingerprint density at radius 2 is 1.89 bits per heavy atom. The zero-order valence-electron chi connectivity index (χ0n) is 10.6. The fourth-order valence-corrected chi connectivity index (χ4v) is 3.15. The van der Waals surface area contributed by atoms with Crippen LogP contribution in [0.3, 0.4) is 0 Å². The predicted octanol–water partition coefficient (Wildman–Crippen LogP) is 4.09. The molecule has 3 atom stereocenters. The van der Waals surface area contributed by atoms with Crippen molar-refractivity contribution in [1.82, 2.24) is 4.98 Å². The van der Waals surface area contributed by atoms with Crippen molar-refractivity contribution < 1.29 is 4.74 Å². The first kappa shape index (κ1) is 12.8. The first-order chi connectivity index (χ1) is 9.38. The summed E-state index contributed by atoms with van der Waals surface area (Å²) in [6.07, 6.45) is 5.15. The van der Waals surface area contributed by atoms with Crippen LogP contribution in [-0.4, -0.2) is 16.4 Å². The lowest BCUT2D eigenvalue weighted by atomic mass is 9.88. The summed E-state index contributed by atoms with van der Waals surface area (Å²) in [7, 11) is 0. The second-order valence-electron chi connectivity index (χ2n) is 4.87.